The zero-order valence-corrected chi connectivity index (χ0v) is 12.8. The molecule has 0 atom stereocenters. The first-order valence-corrected chi connectivity index (χ1v) is 7.11. The van der Waals surface area contributed by atoms with E-state index in [-0.39, 0.29) is 11.3 Å². The van der Waals surface area contributed by atoms with Crippen molar-refractivity contribution in [2.24, 2.45) is 0 Å². The van der Waals surface area contributed by atoms with E-state index in [0.29, 0.717) is 18.8 Å². The Hall–Kier alpha value is -2.23. The lowest BCUT2D eigenvalue weighted by atomic mass is 9.86. The van der Waals surface area contributed by atoms with Gasteiger partial charge in [-0.25, -0.2) is 9.97 Å². The minimum atomic E-state index is -0.0673. The number of benzene rings is 1. The maximum atomic E-state index is 11.9. The summed E-state index contributed by atoms with van der Waals surface area (Å²) in [5, 5.41) is 2.70. The lowest BCUT2D eigenvalue weighted by Crippen LogP contribution is -2.15. The van der Waals surface area contributed by atoms with Crippen molar-refractivity contribution < 1.29 is 4.79 Å². The van der Waals surface area contributed by atoms with Gasteiger partial charge in [-0.2, -0.15) is 0 Å². The van der Waals surface area contributed by atoms with Crippen molar-refractivity contribution in [3.63, 3.8) is 0 Å². The number of rotatable bonds is 4. The molecule has 1 heterocycles. The Morgan fingerprint density at radius 3 is 2.52 bits per heavy atom. The summed E-state index contributed by atoms with van der Waals surface area (Å²) < 4.78 is 0. The second-order valence-electron chi connectivity index (χ2n) is 6.07. The molecule has 0 radical (unpaired) electrons. The summed E-state index contributed by atoms with van der Waals surface area (Å²) in [5.41, 5.74) is 2.58. The van der Waals surface area contributed by atoms with Crippen molar-refractivity contribution in [1.29, 1.82) is 0 Å². The lowest BCUT2D eigenvalue weighted by molar-refractivity contribution is -0.116. The fourth-order valence-electron chi connectivity index (χ4n) is 2.00. The molecule has 1 N–H and O–H groups in total. The number of anilines is 1. The molecule has 2 rings (SSSR count). The van der Waals surface area contributed by atoms with Gasteiger partial charge in [0.2, 0.25) is 11.9 Å². The zero-order chi connectivity index (χ0) is 15.3. The minimum Gasteiger partial charge on any atom is -0.295 e. The van der Waals surface area contributed by atoms with Crippen LogP contribution in [0, 0.1) is 0 Å². The van der Waals surface area contributed by atoms with Gasteiger partial charge < -0.3 is 0 Å². The Morgan fingerprint density at radius 1 is 1.14 bits per heavy atom. The summed E-state index contributed by atoms with van der Waals surface area (Å²) in [5.74, 6) is 0.285. The van der Waals surface area contributed by atoms with Crippen LogP contribution in [0.4, 0.5) is 5.95 Å². The van der Waals surface area contributed by atoms with Crippen molar-refractivity contribution in [2.75, 3.05) is 5.32 Å². The maximum absolute atomic E-state index is 11.9. The van der Waals surface area contributed by atoms with Crippen LogP contribution in [0.2, 0.25) is 0 Å². The van der Waals surface area contributed by atoms with Gasteiger partial charge in [-0.15, -0.1) is 0 Å². The fraction of sp³-hybridized carbons (Fsp3) is 0.353. The molecule has 4 heteroatoms. The molecule has 0 bridgehead atoms. The lowest BCUT2D eigenvalue weighted by Gasteiger charge is -2.19. The normalized spacial score (nSPS) is 11.2. The van der Waals surface area contributed by atoms with Crippen LogP contribution >= 0.6 is 0 Å². The number of nitrogens with zero attached hydrogens (tertiary/aromatic N) is 2. The van der Waals surface area contributed by atoms with Gasteiger partial charge in [0.15, 0.2) is 0 Å². The molecule has 1 aromatic heterocycles. The van der Waals surface area contributed by atoms with Gasteiger partial charge in [0, 0.05) is 18.8 Å². The van der Waals surface area contributed by atoms with Crippen LogP contribution < -0.4 is 5.32 Å². The molecular weight excluding hydrogens is 262 g/mol. The molecule has 110 valence electrons. The predicted molar refractivity (Wildman–Crippen MR) is 84.1 cm³/mol. The van der Waals surface area contributed by atoms with Gasteiger partial charge in [-0.1, -0.05) is 45.0 Å². The first kappa shape index (κ1) is 15.2. The number of carbonyl (C=O) groups excluding carboxylic acids is 1. The van der Waals surface area contributed by atoms with Crippen molar-refractivity contribution in [1.82, 2.24) is 9.97 Å². The van der Waals surface area contributed by atoms with Crippen molar-refractivity contribution in [3.8, 4) is 0 Å². The quantitative estimate of drug-likeness (QED) is 0.936. The highest BCUT2D eigenvalue weighted by Crippen LogP contribution is 2.23. The zero-order valence-electron chi connectivity index (χ0n) is 12.8. The van der Waals surface area contributed by atoms with E-state index in [0.717, 1.165) is 0 Å². The summed E-state index contributed by atoms with van der Waals surface area (Å²) in [6.45, 7) is 6.56. The second kappa shape index (κ2) is 6.48. The molecule has 0 aliphatic carbocycles. The number of hydrogen-bond donors (Lipinski definition) is 1. The Labute approximate surface area is 125 Å². The van der Waals surface area contributed by atoms with Gasteiger partial charge in [-0.3, -0.25) is 10.1 Å². The molecule has 1 amide bonds. The van der Waals surface area contributed by atoms with E-state index in [1.54, 1.807) is 18.5 Å². The molecule has 0 aliphatic rings. The van der Waals surface area contributed by atoms with Gasteiger partial charge in [0.05, 0.1) is 0 Å². The fourth-order valence-corrected chi connectivity index (χ4v) is 2.00. The minimum absolute atomic E-state index is 0.0673. The van der Waals surface area contributed by atoms with E-state index < -0.39 is 0 Å². The van der Waals surface area contributed by atoms with Crippen molar-refractivity contribution >= 4 is 11.9 Å². The number of nitrogens with one attached hydrogen (secondary N) is 1. The van der Waals surface area contributed by atoms with Gasteiger partial charge >= 0.3 is 0 Å². The van der Waals surface area contributed by atoms with Crippen LogP contribution in [0.3, 0.4) is 0 Å². The molecule has 4 nitrogen and oxygen atoms in total. The first-order chi connectivity index (χ1) is 9.95. The molecule has 0 fully saturated rings. The highest BCUT2D eigenvalue weighted by molar-refractivity contribution is 5.88. The number of carbonyl (C=O) groups is 1. The highest BCUT2D eigenvalue weighted by Gasteiger charge is 2.13. The molecular formula is C17H21N3O. The topological polar surface area (TPSA) is 54.9 Å². The van der Waals surface area contributed by atoms with Crippen LogP contribution in [0.5, 0.6) is 0 Å². The first-order valence-electron chi connectivity index (χ1n) is 7.11. The van der Waals surface area contributed by atoms with Crippen molar-refractivity contribution in [2.45, 2.75) is 39.0 Å². The van der Waals surface area contributed by atoms with Crippen LogP contribution in [-0.2, 0) is 16.6 Å². The largest absolute Gasteiger partial charge is 0.295 e. The summed E-state index contributed by atoms with van der Waals surface area (Å²) in [4.78, 5) is 19.8. The number of aromatic nitrogens is 2. The van der Waals surface area contributed by atoms with E-state index in [2.05, 4.69) is 54.3 Å². The number of hydrogen-bond acceptors (Lipinski definition) is 3. The number of aryl methyl sites for hydroxylation is 1. The van der Waals surface area contributed by atoms with Crippen LogP contribution in [0.25, 0.3) is 0 Å². The monoisotopic (exact) mass is 283 g/mol. The molecule has 1 aromatic carbocycles. The average molecular weight is 283 g/mol. The summed E-state index contributed by atoms with van der Waals surface area (Å²) in [6.07, 6.45) is 4.35. The van der Waals surface area contributed by atoms with E-state index in [1.165, 1.54) is 11.1 Å². The Kier molecular flexibility index (Phi) is 4.68. The standard InChI is InChI=1S/C17H21N3O/c1-17(2,3)14-7-4-6-13(12-14)8-9-15(21)20-16-18-10-5-11-19-16/h4-7,10-12H,8-9H2,1-3H3,(H,18,19,20,21). The molecule has 0 saturated carbocycles. The second-order valence-corrected chi connectivity index (χ2v) is 6.07. The van der Waals surface area contributed by atoms with Gasteiger partial charge in [0.1, 0.15) is 0 Å². The van der Waals surface area contributed by atoms with E-state index in [4.69, 9.17) is 0 Å². The number of amides is 1. The third-order valence-electron chi connectivity index (χ3n) is 3.25. The Bertz CT molecular complexity index is 603. The smallest absolute Gasteiger partial charge is 0.229 e. The van der Waals surface area contributed by atoms with Crippen molar-refractivity contribution in [3.05, 3.63) is 53.9 Å². The van der Waals surface area contributed by atoms with Gasteiger partial charge in [0.25, 0.3) is 0 Å². The molecule has 0 spiro atoms. The summed E-state index contributed by atoms with van der Waals surface area (Å²) >= 11 is 0. The van der Waals surface area contributed by atoms with Gasteiger partial charge in [-0.05, 0) is 29.0 Å². The SMILES string of the molecule is CC(C)(C)c1cccc(CCC(=O)Nc2ncccn2)c1. The maximum Gasteiger partial charge on any atom is 0.229 e. The molecule has 0 unspecified atom stereocenters. The van der Waals surface area contributed by atoms with E-state index in [1.807, 2.05) is 6.07 Å². The third kappa shape index (κ3) is 4.67. The summed E-state index contributed by atoms with van der Waals surface area (Å²) in [6, 6.07) is 10.1. The third-order valence-corrected chi connectivity index (χ3v) is 3.25. The molecule has 0 aliphatic heterocycles. The highest BCUT2D eigenvalue weighted by atomic mass is 16.1. The molecule has 21 heavy (non-hydrogen) atoms. The Balaban J connectivity index is 1.92. The van der Waals surface area contributed by atoms with E-state index in [9.17, 15) is 4.79 Å². The Morgan fingerprint density at radius 2 is 1.86 bits per heavy atom. The van der Waals surface area contributed by atoms with Crippen LogP contribution in [-0.4, -0.2) is 15.9 Å². The van der Waals surface area contributed by atoms with E-state index >= 15 is 0 Å². The molecule has 0 saturated heterocycles. The molecule has 2 aromatic rings. The summed E-state index contributed by atoms with van der Waals surface area (Å²) in [7, 11) is 0. The predicted octanol–water partition coefficient (Wildman–Crippen LogP) is 3.35. The van der Waals surface area contributed by atoms with Crippen LogP contribution in [0.15, 0.2) is 42.7 Å². The average Bonchev–Trinajstić information content (AvgIpc) is 2.46. The van der Waals surface area contributed by atoms with Crippen LogP contribution in [0.1, 0.15) is 38.3 Å².